The fourth-order valence-corrected chi connectivity index (χ4v) is 2.79. The molecule has 2 heterocycles. The Balaban J connectivity index is 1.70. The molecule has 2 unspecified atom stereocenters. The summed E-state index contributed by atoms with van der Waals surface area (Å²) in [6, 6.07) is 9.75. The van der Waals surface area contributed by atoms with Gasteiger partial charge in [-0.3, -0.25) is 9.78 Å². The molecule has 2 aromatic rings. The number of nitrogens with zero attached hydrogens (tertiary/aromatic N) is 2. The van der Waals surface area contributed by atoms with E-state index in [0.717, 1.165) is 0 Å². The van der Waals surface area contributed by atoms with E-state index in [1.165, 1.54) is 18.3 Å². The maximum absolute atomic E-state index is 13.3. The first-order chi connectivity index (χ1) is 11.5. The molecule has 6 heteroatoms. The second-order valence-corrected chi connectivity index (χ2v) is 6.09. The van der Waals surface area contributed by atoms with Gasteiger partial charge in [-0.15, -0.1) is 0 Å². The molecule has 0 bridgehead atoms. The quantitative estimate of drug-likeness (QED) is 0.931. The topological polar surface area (TPSA) is 54.5 Å². The van der Waals surface area contributed by atoms with Crippen molar-refractivity contribution in [3.8, 4) is 11.3 Å². The normalized spacial score (nSPS) is 20.3. The summed E-state index contributed by atoms with van der Waals surface area (Å²) in [5, 5.41) is 2.99. The first kappa shape index (κ1) is 16.5. The summed E-state index contributed by atoms with van der Waals surface area (Å²) < 4.78 is 18.7. The zero-order valence-corrected chi connectivity index (χ0v) is 13.7. The van der Waals surface area contributed by atoms with Crippen LogP contribution in [0.4, 0.5) is 4.39 Å². The van der Waals surface area contributed by atoms with Gasteiger partial charge in [0.15, 0.2) is 0 Å². The molecule has 1 fully saturated rings. The second kappa shape index (κ2) is 7.07. The summed E-state index contributed by atoms with van der Waals surface area (Å²) in [6.45, 7) is 1.11. The number of hydrogen-bond acceptors (Lipinski definition) is 4. The van der Waals surface area contributed by atoms with E-state index >= 15 is 0 Å². The number of amides is 1. The zero-order valence-electron chi connectivity index (χ0n) is 13.7. The molecule has 1 N–H and O–H groups in total. The van der Waals surface area contributed by atoms with Gasteiger partial charge in [0.2, 0.25) is 0 Å². The number of benzene rings is 1. The van der Waals surface area contributed by atoms with Crippen molar-refractivity contribution < 1.29 is 13.9 Å². The lowest BCUT2D eigenvalue weighted by Gasteiger charge is -2.24. The molecule has 2 atom stereocenters. The first-order valence-electron chi connectivity index (χ1n) is 7.81. The molecule has 1 saturated heterocycles. The number of pyridine rings is 1. The van der Waals surface area contributed by atoms with Crippen LogP contribution >= 0.6 is 0 Å². The van der Waals surface area contributed by atoms with Crippen LogP contribution in [0.1, 0.15) is 10.4 Å². The van der Waals surface area contributed by atoms with Gasteiger partial charge in [-0.25, -0.2) is 4.39 Å². The van der Waals surface area contributed by atoms with Gasteiger partial charge in [-0.1, -0.05) is 12.1 Å². The Labute approximate surface area is 140 Å². The van der Waals surface area contributed by atoms with Crippen LogP contribution in [0.2, 0.25) is 0 Å². The molecule has 0 spiro atoms. The highest BCUT2D eigenvalue weighted by molar-refractivity contribution is 5.94. The Hall–Kier alpha value is -2.31. The molecule has 0 aliphatic carbocycles. The highest BCUT2D eigenvalue weighted by Crippen LogP contribution is 2.18. The van der Waals surface area contributed by atoms with Crippen LogP contribution in [0.5, 0.6) is 0 Å². The third-order valence-corrected chi connectivity index (χ3v) is 4.18. The van der Waals surface area contributed by atoms with Gasteiger partial charge < -0.3 is 15.0 Å². The van der Waals surface area contributed by atoms with Crippen LogP contribution < -0.4 is 5.32 Å². The van der Waals surface area contributed by atoms with E-state index in [-0.39, 0.29) is 23.8 Å². The van der Waals surface area contributed by atoms with E-state index in [1.807, 2.05) is 19.0 Å². The number of halogens is 1. The minimum atomic E-state index is -0.313. The number of rotatable bonds is 4. The number of aromatic nitrogens is 1. The molecule has 0 radical (unpaired) electrons. The third kappa shape index (κ3) is 3.60. The van der Waals surface area contributed by atoms with Crippen molar-refractivity contribution in [2.45, 2.75) is 12.1 Å². The predicted octanol–water partition coefficient (Wildman–Crippen LogP) is 1.95. The average molecular weight is 329 g/mol. The van der Waals surface area contributed by atoms with Crippen molar-refractivity contribution >= 4 is 5.91 Å². The summed E-state index contributed by atoms with van der Waals surface area (Å²) in [5.41, 5.74) is 1.78. The van der Waals surface area contributed by atoms with Crippen molar-refractivity contribution in [3.63, 3.8) is 0 Å². The van der Waals surface area contributed by atoms with Crippen LogP contribution in [-0.2, 0) is 4.74 Å². The van der Waals surface area contributed by atoms with Crippen molar-refractivity contribution in [1.82, 2.24) is 15.2 Å². The summed E-state index contributed by atoms with van der Waals surface area (Å²) in [7, 11) is 3.93. The molecular weight excluding hydrogens is 309 g/mol. The summed E-state index contributed by atoms with van der Waals surface area (Å²) >= 11 is 0. The Morgan fingerprint density at radius 2 is 2.12 bits per heavy atom. The van der Waals surface area contributed by atoms with E-state index in [4.69, 9.17) is 4.74 Å². The first-order valence-corrected chi connectivity index (χ1v) is 7.81. The highest BCUT2D eigenvalue weighted by Gasteiger charge is 2.31. The van der Waals surface area contributed by atoms with Gasteiger partial charge >= 0.3 is 0 Å². The molecule has 0 saturated carbocycles. The number of hydrogen-bond donors (Lipinski definition) is 1. The molecule has 126 valence electrons. The van der Waals surface area contributed by atoms with Crippen LogP contribution in [0.25, 0.3) is 11.3 Å². The fraction of sp³-hybridized carbons (Fsp3) is 0.333. The van der Waals surface area contributed by atoms with E-state index in [1.54, 1.807) is 24.3 Å². The summed E-state index contributed by atoms with van der Waals surface area (Å²) in [5.74, 6) is -0.497. The number of carbonyl (C=O) groups is 1. The van der Waals surface area contributed by atoms with Gasteiger partial charge in [-0.05, 0) is 38.4 Å². The van der Waals surface area contributed by atoms with Gasteiger partial charge in [0.1, 0.15) is 5.82 Å². The van der Waals surface area contributed by atoms with E-state index < -0.39 is 0 Å². The van der Waals surface area contributed by atoms with Crippen LogP contribution in [0.3, 0.4) is 0 Å². The minimum absolute atomic E-state index is 0.0459. The van der Waals surface area contributed by atoms with Crippen molar-refractivity contribution in [3.05, 3.63) is 54.0 Å². The SMILES string of the molecule is CN(C)C1COCC1NC(=O)c1ccc(-c2cccc(F)c2)nc1. The molecule has 24 heavy (non-hydrogen) atoms. The molecule has 1 aliphatic rings. The Morgan fingerprint density at radius 1 is 1.29 bits per heavy atom. The van der Waals surface area contributed by atoms with Gasteiger partial charge in [0, 0.05) is 11.8 Å². The van der Waals surface area contributed by atoms with Gasteiger partial charge in [0.05, 0.1) is 36.6 Å². The van der Waals surface area contributed by atoms with Gasteiger partial charge in [0.25, 0.3) is 5.91 Å². The monoisotopic (exact) mass is 329 g/mol. The molecule has 5 nitrogen and oxygen atoms in total. The third-order valence-electron chi connectivity index (χ3n) is 4.18. The van der Waals surface area contributed by atoms with Crippen LogP contribution in [0.15, 0.2) is 42.6 Å². The van der Waals surface area contributed by atoms with Crippen LogP contribution in [0, 0.1) is 5.82 Å². The molecule has 1 amide bonds. The second-order valence-electron chi connectivity index (χ2n) is 6.09. The lowest BCUT2D eigenvalue weighted by atomic mass is 10.1. The maximum atomic E-state index is 13.3. The smallest absolute Gasteiger partial charge is 0.253 e. The van der Waals surface area contributed by atoms with Crippen molar-refractivity contribution in [2.75, 3.05) is 27.3 Å². The zero-order chi connectivity index (χ0) is 17.1. The highest BCUT2D eigenvalue weighted by atomic mass is 19.1. The standard InChI is InChI=1S/C18H20FN3O2/c1-22(2)17-11-24-10-16(17)21-18(23)13-6-7-15(20-9-13)12-4-3-5-14(19)8-12/h3-9,16-17H,10-11H2,1-2H3,(H,21,23). The molecular formula is C18H20FN3O2. The molecule has 1 aromatic heterocycles. The largest absolute Gasteiger partial charge is 0.378 e. The van der Waals surface area contributed by atoms with E-state index in [0.29, 0.717) is 30.0 Å². The summed E-state index contributed by atoms with van der Waals surface area (Å²) in [4.78, 5) is 18.7. The minimum Gasteiger partial charge on any atom is -0.378 e. The Morgan fingerprint density at radius 3 is 2.79 bits per heavy atom. The number of nitrogens with one attached hydrogen (secondary N) is 1. The van der Waals surface area contributed by atoms with Crippen LogP contribution in [-0.4, -0.2) is 55.2 Å². The lowest BCUT2D eigenvalue weighted by molar-refractivity contribution is 0.0920. The number of likely N-dealkylation sites (N-methyl/N-ethyl adjacent to an activating group) is 1. The fourth-order valence-electron chi connectivity index (χ4n) is 2.79. The average Bonchev–Trinajstić information content (AvgIpc) is 3.03. The number of ether oxygens (including phenoxy) is 1. The van der Waals surface area contributed by atoms with E-state index in [2.05, 4.69) is 10.3 Å². The predicted molar refractivity (Wildman–Crippen MR) is 89.2 cm³/mol. The van der Waals surface area contributed by atoms with Crippen molar-refractivity contribution in [2.24, 2.45) is 0 Å². The number of carbonyl (C=O) groups excluding carboxylic acids is 1. The Kier molecular flexibility index (Phi) is 4.87. The maximum Gasteiger partial charge on any atom is 0.253 e. The molecule has 3 rings (SSSR count). The lowest BCUT2D eigenvalue weighted by Crippen LogP contribution is -2.48. The summed E-state index contributed by atoms with van der Waals surface area (Å²) in [6.07, 6.45) is 1.51. The van der Waals surface area contributed by atoms with E-state index in [9.17, 15) is 9.18 Å². The van der Waals surface area contributed by atoms with Crippen molar-refractivity contribution in [1.29, 1.82) is 0 Å². The molecule has 1 aromatic carbocycles. The molecule has 1 aliphatic heterocycles. The van der Waals surface area contributed by atoms with Gasteiger partial charge in [-0.2, -0.15) is 0 Å². The Bertz CT molecular complexity index is 718.